The van der Waals surface area contributed by atoms with Gasteiger partial charge in [0, 0.05) is 12.3 Å². The molecule has 0 aliphatic rings. The van der Waals surface area contributed by atoms with Gasteiger partial charge in [-0.05, 0) is 6.92 Å². The molecule has 0 saturated heterocycles. The molecular formula is C5H13ClN2OS. The minimum absolute atomic E-state index is 0. The van der Waals surface area contributed by atoms with E-state index in [9.17, 15) is 4.79 Å². The smallest absolute Gasteiger partial charge is 0.234 e. The molecule has 0 aromatic carbocycles. The van der Waals surface area contributed by atoms with Crippen molar-refractivity contribution < 1.29 is 4.79 Å². The molecule has 3 nitrogen and oxygen atoms in total. The van der Waals surface area contributed by atoms with Crippen molar-refractivity contribution in [1.29, 1.82) is 0 Å². The minimum Gasteiger partial charge on any atom is -0.368 e. The maximum absolute atomic E-state index is 10.3. The van der Waals surface area contributed by atoms with Crippen LogP contribution in [0.15, 0.2) is 0 Å². The number of hydrogen-bond acceptors (Lipinski definition) is 3. The normalized spacial score (nSPS) is 11.8. The van der Waals surface area contributed by atoms with Gasteiger partial charge in [-0.25, -0.2) is 0 Å². The summed E-state index contributed by atoms with van der Waals surface area (Å²) in [7, 11) is 0. The molecule has 0 heterocycles. The second-order valence-corrected chi connectivity index (χ2v) is 2.25. The fourth-order valence-electron chi connectivity index (χ4n) is 0.382. The molecule has 0 bridgehead atoms. The van der Waals surface area contributed by atoms with E-state index >= 15 is 0 Å². The molecule has 62 valence electrons. The zero-order valence-electron chi connectivity index (χ0n) is 5.83. The summed E-state index contributed by atoms with van der Waals surface area (Å²) in [5.41, 5.74) is 4.95. The van der Waals surface area contributed by atoms with Crippen LogP contribution in [-0.4, -0.2) is 24.2 Å². The number of amides is 1. The molecule has 0 rings (SSSR count). The molecule has 0 radical (unpaired) electrons. The average molecular weight is 185 g/mol. The van der Waals surface area contributed by atoms with Crippen LogP contribution in [0.3, 0.4) is 0 Å². The Kier molecular flexibility index (Phi) is 9.13. The van der Waals surface area contributed by atoms with E-state index < -0.39 is 0 Å². The predicted octanol–water partition coefficient (Wildman–Crippen LogP) is -0.199. The molecule has 0 saturated carbocycles. The van der Waals surface area contributed by atoms with Crippen LogP contribution in [0.2, 0.25) is 0 Å². The van der Waals surface area contributed by atoms with Crippen molar-refractivity contribution in [2.24, 2.45) is 5.73 Å². The van der Waals surface area contributed by atoms with E-state index in [-0.39, 0.29) is 24.4 Å². The number of halogens is 1. The molecule has 0 spiro atoms. The second-order valence-electron chi connectivity index (χ2n) is 1.80. The lowest BCUT2D eigenvalue weighted by molar-refractivity contribution is -0.119. The SMILES string of the molecule is CC(NCCS)C(N)=O.Cl. The van der Waals surface area contributed by atoms with Crippen molar-refractivity contribution in [2.75, 3.05) is 12.3 Å². The standard InChI is InChI=1S/C5H12N2OS.ClH/c1-4(5(6)8)7-2-3-9;/h4,7,9H,2-3H2,1H3,(H2,6,8);1H. The molecule has 0 fully saturated rings. The lowest BCUT2D eigenvalue weighted by atomic mass is 10.3. The molecule has 1 atom stereocenters. The van der Waals surface area contributed by atoms with E-state index in [4.69, 9.17) is 5.73 Å². The van der Waals surface area contributed by atoms with Gasteiger partial charge in [0.25, 0.3) is 0 Å². The molecule has 3 N–H and O–H groups in total. The van der Waals surface area contributed by atoms with Gasteiger partial charge in [-0.2, -0.15) is 12.6 Å². The zero-order valence-corrected chi connectivity index (χ0v) is 7.54. The molecular weight excluding hydrogens is 172 g/mol. The van der Waals surface area contributed by atoms with Crippen molar-refractivity contribution >= 4 is 30.9 Å². The quantitative estimate of drug-likeness (QED) is 0.531. The average Bonchev–Trinajstić information content (AvgIpc) is 1.82. The third-order valence-corrected chi connectivity index (χ3v) is 1.21. The Labute approximate surface area is 72.6 Å². The number of carbonyl (C=O) groups excluding carboxylic acids is 1. The number of nitrogens with one attached hydrogen (secondary N) is 1. The van der Waals surface area contributed by atoms with E-state index in [1.54, 1.807) is 6.92 Å². The molecule has 0 aliphatic heterocycles. The first-order chi connectivity index (χ1) is 4.18. The summed E-state index contributed by atoms with van der Waals surface area (Å²) >= 11 is 3.95. The van der Waals surface area contributed by atoms with Crippen molar-refractivity contribution in [3.05, 3.63) is 0 Å². The molecule has 0 aromatic heterocycles. The van der Waals surface area contributed by atoms with Crippen LogP contribution in [0.4, 0.5) is 0 Å². The van der Waals surface area contributed by atoms with Crippen molar-refractivity contribution in [1.82, 2.24) is 5.32 Å². The zero-order chi connectivity index (χ0) is 7.28. The summed E-state index contributed by atoms with van der Waals surface area (Å²) < 4.78 is 0. The number of rotatable bonds is 4. The second kappa shape index (κ2) is 7.18. The van der Waals surface area contributed by atoms with Gasteiger partial charge in [0.1, 0.15) is 0 Å². The summed E-state index contributed by atoms with van der Waals surface area (Å²) in [5.74, 6) is 0.397. The first-order valence-electron chi connectivity index (χ1n) is 2.82. The molecule has 0 aliphatic carbocycles. The summed E-state index contributed by atoms with van der Waals surface area (Å²) in [6, 6.07) is -0.239. The lowest BCUT2D eigenvalue weighted by Crippen LogP contribution is -2.39. The van der Waals surface area contributed by atoms with Gasteiger partial charge in [0.2, 0.25) is 5.91 Å². The highest BCUT2D eigenvalue weighted by atomic mass is 35.5. The maximum Gasteiger partial charge on any atom is 0.234 e. The van der Waals surface area contributed by atoms with Gasteiger partial charge in [-0.15, -0.1) is 12.4 Å². The Morgan fingerprint density at radius 2 is 2.30 bits per heavy atom. The Bertz CT molecular complexity index is 102. The third-order valence-electron chi connectivity index (χ3n) is 0.989. The van der Waals surface area contributed by atoms with Crippen molar-refractivity contribution in [2.45, 2.75) is 13.0 Å². The van der Waals surface area contributed by atoms with Crippen LogP contribution >= 0.6 is 25.0 Å². The Morgan fingerprint density at radius 3 is 2.60 bits per heavy atom. The van der Waals surface area contributed by atoms with E-state index in [1.807, 2.05) is 0 Å². The highest BCUT2D eigenvalue weighted by Gasteiger charge is 2.04. The van der Waals surface area contributed by atoms with Gasteiger partial charge < -0.3 is 11.1 Å². The van der Waals surface area contributed by atoms with Gasteiger partial charge in [-0.3, -0.25) is 4.79 Å². The Hall–Kier alpha value is 0.0700. The van der Waals surface area contributed by atoms with Crippen LogP contribution in [0.5, 0.6) is 0 Å². The molecule has 0 aromatic rings. The largest absolute Gasteiger partial charge is 0.368 e. The summed E-state index contributed by atoms with van der Waals surface area (Å²) in [5, 5.41) is 2.88. The number of nitrogens with two attached hydrogens (primary N) is 1. The van der Waals surface area contributed by atoms with Crippen LogP contribution in [0, 0.1) is 0 Å². The first-order valence-corrected chi connectivity index (χ1v) is 3.45. The van der Waals surface area contributed by atoms with Gasteiger partial charge in [0.15, 0.2) is 0 Å². The first kappa shape index (κ1) is 12.7. The van der Waals surface area contributed by atoms with Gasteiger partial charge in [-0.1, -0.05) is 0 Å². The van der Waals surface area contributed by atoms with Crippen molar-refractivity contribution in [3.8, 4) is 0 Å². The number of thiol groups is 1. The fourth-order valence-corrected chi connectivity index (χ4v) is 0.511. The van der Waals surface area contributed by atoms with E-state index in [0.29, 0.717) is 6.54 Å². The number of hydrogen-bond donors (Lipinski definition) is 3. The predicted molar refractivity (Wildman–Crippen MR) is 47.8 cm³/mol. The summed E-state index contributed by atoms with van der Waals surface area (Å²) in [4.78, 5) is 10.3. The van der Waals surface area contributed by atoms with Gasteiger partial charge >= 0.3 is 0 Å². The lowest BCUT2D eigenvalue weighted by Gasteiger charge is -2.06. The van der Waals surface area contributed by atoms with E-state index in [1.165, 1.54) is 0 Å². The number of carbonyl (C=O) groups is 1. The topological polar surface area (TPSA) is 55.1 Å². The van der Waals surface area contributed by atoms with Crippen LogP contribution < -0.4 is 11.1 Å². The summed E-state index contributed by atoms with van der Waals surface area (Å²) in [6.45, 7) is 2.44. The fraction of sp³-hybridized carbons (Fsp3) is 0.800. The Balaban J connectivity index is 0. The Morgan fingerprint density at radius 1 is 1.80 bits per heavy atom. The molecule has 1 unspecified atom stereocenters. The number of primary amides is 1. The van der Waals surface area contributed by atoms with Crippen molar-refractivity contribution in [3.63, 3.8) is 0 Å². The van der Waals surface area contributed by atoms with Crippen LogP contribution in [0.1, 0.15) is 6.92 Å². The van der Waals surface area contributed by atoms with E-state index in [2.05, 4.69) is 17.9 Å². The molecule has 1 amide bonds. The maximum atomic E-state index is 10.3. The third kappa shape index (κ3) is 6.19. The minimum atomic E-state index is -0.322. The highest BCUT2D eigenvalue weighted by Crippen LogP contribution is 1.77. The summed E-state index contributed by atoms with van der Waals surface area (Å²) in [6.07, 6.45) is 0. The van der Waals surface area contributed by atoms with Crippen LogP contribution in [0.25, 0.3) is 0 Å². The van der Waals surface area contributed by atoms with E-state index in [0.717, 1.165) is 5.75 Å². The molecule has 10 heavy (non-hydrogen) atoms. The monoisotopic (exact) mass is 184 g/mol. The highest BCUT2D eigenvalue weighted by molar-refractivity contribution is 7.80. The molecule has 5 heteroatoms. The van der Waals surface area contributed by atoms with Crippen LogP contribution in [-0.2, 0) is 4.79 Å². The van der Waals surface area contributed by atoms with Gasteiger partial charge in [0.05, 0.1) is 6.04 Å².